The van der Waals surface area contributed by atoms with Gasteiger partial charge in [-0.15, -0.1) is 0 Å². The number of aromatic amines is 1. The van der Waals surface area contributed by atoms with Crippen LogP contribution in [-0.2, 0) is 6.18 Å². The van der Waals surface area contributed by atoms with Crippen LogP contribution in [-0.4, -0.2) is 35.8 Å². The second-order valence-electron chi connectivity index (χ2n) is 8.41. The molecule has 1 amide bonds. The van der Waals surface area contributed by atoms with Gasteiger partial charge in [0, 0.05) is 23.4 Å². The molecule has 0 spiro atoms. The van der Waals surface area contributed by atoms with E-state index >= 15 is 0 Å². The lowest BCUT2D eigenvalue weighted by atomic mass is 10.1. The van der Waals surface area contributed by atoms with Crippen LogP contribution in [0.3, 0.4) is 0 Å². The number of aromatic nitrogens is 5. The smallest absolute Gasteiger partial charge is 0.393 e. The number of nitrogens with zero attached hydrogens (tertiary/aromatic N) is 5. The van der Waals surface area contributed by atoms with Gasteiger partial charge in [0.2, 0.25) is 0 Å². The van der Waals surface area contributed by atoms with E-state index in [0.717, 1.165) is 18.3 Å². The number of nitrogens with one attached hydrogen (secondary N) is 2. The highest BCUT2D eigenvalue weighted by Gasteiger charge is 2.33. The maximum Gasteiger partial charge on any atom is 0.433 e. The molecule has 0 aliphatic heterocycles. The summed E-state index contributed by atoms with van der Waals surface area (Å²) in [4.78, 5) is 40.6. The maximum atomic E-state index is 12.8. The Kier molecular flexibility index (Phi) is 8.80. The zero-order valence-corrected chi connectivity index (χ0v) is 23.3. The minimum atomic E-state index is -4.59. The van der Waals surface area contributed by atoms with Crippen molar-refractivity contribution in [3.63, 3.8) is 0 Å². The predicted octanol–water partition coefficient (Wildman–Crippen LogP) is 7.13. The first-order chi connectivity index (χ1) is 19.7. The Labute approximate surface area is 249 Å². The van der Waals surface area contributed by atoms with Gasteiger partial charge in [0.1, 0.15) is 33.7 Å². The third kappa shape index (κ3) is 7.02. The van der Waals surface area contributed by atoms with Crippen LogP contribution < -0.4 is 11.1 Å². The largest absolute Gasteiger partial charge is 0.433 e. The Hall–Kier alpha value is -4.53. The number of nitrogens with two attached hydrogens (primary N) is 1. The van der Waals surface area contributed by atoms with Crippen molar-refractivity contribution in [2.45, 2.75) is 13.1 Å². The Morgan fingerprint density at radius 3 is 2.36 bits per heavy atom. The monoisotopic (exact) mass is 638 g/mol. The van der Waals surface area contributed by atoms with Crippen LogP contribution in [0.25, 0.3) is 22.4 Å². The van der Waals surface area contributed by atoms with Gasteiger partial charge < -0.3 is 16.0 Å². The van der Waals surface area contributed by atoms with Gasteiger partial charge in [-0.25, -0.2) is 19.9 Å². The van der Waals surface area contributed by atoms with Crippen molar-refractivity contribution in [2.24, 2.45) is 0 Å². The first-order valence-corrected chi connectivity index (χ1v) is 12.6. The second-order valence-corrected chi connectivity index (χ2v) is 9.59. The molecule has 4 N–H and O–H groups in total. The number of anilines is 2. The second kappa shape index (κ2) is 12.1. The summed E-state index contributed by atoms with van der Waals surface area (Å²) in [5, 5.41) is 13.6. The van der Waals surface area contributed by atoms with E-state index in [1.807, 2.05) is 0 Å². The molecule has 42 heavy (non-hydrogen) atoms. The number of nitro groups is 1. The van der Waals surface area contributed by atoms with Gasteiger partial charge in [-0.3, -0.25) is 14.9 Å². The molecular weight excluding hydrogens is 624 g/mol. The van der Waals surface area contributed by atoms with Crippen LogP contribution in [0, 0.1) is 17.0 Å². The van der Waals surface area contributed by atoms with Crippen molar-refractivity contribution in [1.82, 2.24) is 24.9 Å². The van der Waals surface area contributed by atoms with E-state index in [1.54, 1.807) is 24.3 Å². The van der Waals surface area contributed by atoms with Crippen molar-refractivity contribution in [1.29, 1.82) is 0 Å². The summed E-state index contributed by atoms with van der Waals surface area (Å²) < 4.78 is 38.4. The summed E-state index contributed by atoms with van der Waals surface area (Å²) in [6.07, 6.45) is -2.02. The normalized spacial score (nSPS) is 11.1. The first kappa shape index (κ1) is 30.4. The van der Waals surface area contributed by atoms with Gasteiger partial charge in [0.15, 0.2) is 0 Å². The SMILES string of the molecule is Cc1nc(C(F)(F)F)ccc1C(=O)Nc1ccc(Cl)c(-c2nc3cc(Cl)ncc3[nH]2)c1.Nc1cc(Cl)ncc1[N+](=O)[O-]. The molecule has 0 radical (unpaired) electrons. The van der Waals surface area contributed by atoms with Gasteiger partial charge in [-0.2, -0.15) is 13.2 Å². The summed E-state index contributed by atoms with van der Waals surface area (Å²) in [5.74, 6) is -0.167. The van der Waals surface area contributed by atoms with E-state index in [9.17, 15) is 28.1 Å². The van der Waals surface area contributed by atoms with Crippen molar-refractivity contribution in [3.8, 4) is 11.4 Å². The number of aryl methyl sites for hydroxylation is 1. The number of carbonyl (C=O) groups excluding carboxylic acids is 1. The first-order valence-electron chi connectivity index (χ1n) is 11.5. The molecule has 0 saturated carbocycles. The van der Waals surface area contributed by atoms with Crippen LogP contribution in [0.1, 0.15) is 21.7 Å². The van der Waals surface area contributed by atoms with Gasteiger partial charge in [0.25, 0.3) is 5.91 Å². The Morgan fingerprint density at radius 2 is 1.71 bits per heavy atom. The van der Waals surface area contributed by atoms with E-state index in [4.69, 9.17) is 40.5 Å². The molecule has 1 aromatic carbocycles. The number of hydrogen-bond donors (Lipinski definition) is 3. The number of nitrogen functional groups attached to an aromatic ring is 1. The number of alkyl halides is 3. The molecule has 0 fully saturated rings. The van der Waals surface area contributed by atoms with E-state index < -0.39 is 22.7 Å². The molecule has 11 nitrogen and oxygen atoms in total. The Morgan fingerprint density at radius 1 is 1.02 bits per heavy atom. The molecule has 0 unspecified atom stereocenters. The maximum absolute atomic E-state index is 12.8. The topological polar surface area (TPSA) is 166 Å². The number of pyridine rings is 3. The summed E-state index contributed by atoms with van der Waals surface area (Å²) >= 11 is 17.6. The third-order valence-electron chi connectivity index (χ3n) is 5.51. The molecule has 0 saturated heterocycles. The Balaban J connectivity index is 0.000000310. The summed E-state index contributed by atoms with van der Waals surface area (Å²) in [6, 6.07) is 9.42. The van der Waals surface area contributed by atoms with E-state index in [0.29, 0.717) is 33.1 Å². The quantitative estimate of drug-likeness (QED) is 0.106. The fourth-order valence-electron chi connectivity index (χ4n) is 3.54. The number of imidazole rings is 1. The van der Waals surface area contributed by atoms with Crippen molar-refractivity contribution >= 4 is 68.8 Å². The van der Waals surface area contributed by atoms with Crippen LogP contribution in [0.2, 0.25) is 15.3 Å². The minimum Gasteiger partial charge on any atom is -0.393 e. The molecule has 4 heterocycles. The molecule has 17 heteroatoms. The zero-order chi connectivity index (χ0) is 30.8. The molecule has 5 rings (SSSR count). The molecule has 0 aliphatic carbocycles. The number of halogens is 6. The third-order valence-corrected chi connectivity index (χ3v) is 6.25. The number of fused-ring (bicyclic) bond motifs is 1. The number of hydrogen-bond acceptors (Lipinski definition) is 8. The fourth-order valence-corrected chi connectivity index (χ4v) is 4.07. The lowest BCUT2D eigenvalue weighted by Gasteiger charge is -2.11. The summed E-state index contributed by atoms with van der Waals surface area (Å²) in [5.41, 5.74) is 6.10. The van der Waals surface area contributed by atoms with Crippen LogP contribution in [0.15, 0.2) is 54.9 Å². The Bertz CT molecular complexity index is 1830. The van der Waals surface area contributed by atoms with Crippen LogP contribution in [0.5, 0.6) is 0 Å². The highest BCUT2D eigenvalue weighted by atomic mass is 35.5. The van der Waals surface area contributed by atoms with Crippen LogP contribution >= 0.6 is 34.8 Å². The fraction of sp³-hybridized carbons (Fsp3) is 0.0800. The van der Waals surface area contributed by atoms with Crippen molar-refractivity contribution < 1.29 is 22.9 Å². The van der Waals surface area contributed by atoms with Crippen molar-refractivity contribution in [3.05, 3.63) is 97.3 Å². The molecule has 4 aromatic heterocycles. The van der Waals surface area contributed by atoms with E-state index in [2.05, 4.69) is 30.2 Å². The van der Waals surface area contributed by atoms with Gasteiger partial charge >= 0.3 is 11.9 Å². The zero-order valence-electron chi connectivity index (χ0n) is 21.0. The van der Waals surface area contributed by atoms with E-state index in [1.165, 1.54) is 19.2 Å². The average Bonchev–Trinajstić information content (AvgIpc) is 3.32. The predicted molar refractivity (Wildman–Crippen MR) is 152 cm³/mol. The minimum absolute atomic E-state index is 0.0222. The lowest BCUT2D eigenvalue weighted by molar-refractivity contribution is -0.384. The molecular formula is C25H16Cl3F3N8O3. The van der Waals surface area contributed by atoms with Crippen LogP contribution in [0.4, 0.5) is 30.2 Å². The molecule has 5 aromatic rings. The number of carbonyl (C=O) groups is 1. The van der Waals surface area contributed by atoms with E-state index in [-0.39, 0.29) is 32.9 Å². The number of amides is 1. The summed E-state index contributed by atoms with van der Waals surface area (Å²) in [6.45, 7) is 1.34. The van der Waals surface area contributed by atoms with Gasteiger partial charge in [0.05, 0.1) is 38.4 Å². The summed E-state index contributed by atoms with van der Waals surface area (Å²) in [7, 11) is 0. The number of rotatable bonds is 4. The average molecular weight is 640 g/mol. The lowest BCUT2D eigenvalue weighted by Crippen LogP contribution is -2.16. The molecule has 0 atom stereocenters. The highest BCUT2D eigenvalue weighted by molar-refractivity contribution is 6.33. The number of H-pyrrole nitrogens is 1. The molecule has 0 bridgehead atoms. The molecule has 216 valence electrons. The van der Waals surface area contributed by atoms with Gasteiger partial charge in [-0.1, -0.05) is 34.8 Å². The number of benzene rings is 1. The van der Waals surface area contributed by atoms with Gasteiger partial charge in [-0.05, 0) is 37.3 Å². The molecule has 0 aliphatic rings. The highest BCUT2D eigenvalue weighted by Crippen LogP contribution is 2.31. The standard InChI is InChI=1S/C20H12Cl2F3N5O.C5H4ClN3O2/c1-9-11(3-5-16(27-9)20(23,24)25)19(31)28-10-2-4-13(21)12(6-10)18-29-14-7-17(22)26-8-15(14)30-18;6-5-1-3(7)4(2-8-5)9(10)11/h2-8H,1H3,(H,28,31)(H,29,30);1-2H,(H2,7,8). The van der Waals surface area contributed by atoms with Crippen molar-refractivity contribution in [2.75, 3.05) is 11.1 Å².